The maximum Gasteiger partial charge on any atom is 0.224 e. The molecule has 1 amide bonds. The fourth-order valence-electron chi connectivity index (χ4n) is 2.34. The van der Waals surface area contributed by atoms with Gasteiger partial charge in [0.15, 0.2) is 11.6 Å². The largest absolute Gasteiger partial charge is 0.352 e. The molecule has 2 atom stereocenters. The van der Waals surface area contributed by atoms with Crippen molar-refractivity contribution in [1.29, 1.82) is 0 Å². The predicted molar refractivity (Wildman–Crippen MR) is 70.1 cm³/mol. The third-order valence-electron chi connectivity index (χ3n) is 3.38. The quantitative estimate of drug-likeness (QED) is 0.850. The number of nitrogens with one attached hydrogen (secondary N) is 1. The van der Waals surface area contributed by atoms with Crippen LogP contribution in [0.4, 0.5) is 8.78 Å². The standard InChI is InChI=1S/C14H16ClF2NO/c15-10-3-1-2-4-13(10)18-14(19)8-9-5-6-11(16)12(17)7-9/h5-7,10,13H,1-4,8H2,(H,18,19). The summed E-state index contributed by atoms with van der Waals surface area (Å²) in [6, 6.07) is 3.47. The van der Waals surface area contributed by atoms with Crippen LogP contribution in [0.25, 0.3) is 0 Å². The van der Waals surface area contributed by atoms with Gasteiger partial charge in [0.05, 0.1) is 11.8 Å². The smallest absolute Gasteiger partial charge is 0.224 e. The molecular formula is C14H16ClF2NO. The zero-order valence-corrected chi connectivity index (χ0v) is 11.2. The van der Waals surface area contributed by atoms with Crippen LogP contribution in [0.5, 0.6) is 0 Å². The zero-order chi connectivity index (χ0) is 13.8. The third kappa shape index (κ3) is 3.90. The Morgan fingerprint density at radius 1 is 1.26 bits per heavy atom. The summed E-state index contributed by atoms with van der Waals surface area (Å²) in [4.78, 5) is 11.8. The minimum absolute atomic E-state index is 0.0202. The molecule has 104 valence electrons. The minimum atomic E-state index is -0.932. The first kappa shape index (κ1) is 14.3. The van der Waals surface area contributed by atoms with Gasteiger partial charge in [0.25, 0.3) is 0 Å². The van der Waals surface area contributed by atoms with Crippen LogP contribution in [0.15, 0.2) is 18.2 Å². The van der Waals surface area contributed by atoms with Crippen LogP contribution in [0.2, 0.25) is 0 Å². The molecule has 2 unspecified atom stereocenters. The Morgan fingerprint density at radius 3 is 2.68 bits per heavy atom. The van der Waals surface area contributed by atoms with E-state index in [0.717, 1.165) is 37.8 Å². The molecule has 0 spiro atoms. The molecule has 1 aromatic rings. The summed E-state index contributed by atoms with van der Waals surface area (Å²) in [5.74, 6) is -2.04. The van der Waals surface area contributed by atoms with Crippen LogP contribution in [-0.2, 0) is 11.2 Å². The highest BCUT2D eigenvalue weighted by Gasteiger charge is 2.24. The van der Waals surface area contributed by atoms with Crippen LogP contribution in [0.3, 0.4) is 0 Å². The molecule has 1 N–H and O–H groups in total. The number of benzene rings is 1. The van der Waals surface area contributed by atoms with Gasteiger partial charge < -0.3 is 5.32 Å². The van der Waals surface area contributed by atoms with Crippen LogP contribution in [-0.4, -0.2) is 17.3 Å². The Morgan fingerprint density at radius 2 is 2.00 bits per heavy atom. The summed E-state index contributed by atoms with van der Waals surface area (Å²) in [7, 11) is 0. The van der Waals surface area contributed by atoms with Gasteiger partial charge in [-0.1, -0.05) is 18.9 Å². The van der Waals surface area contributed by atoms with Gasteiger partial charge in [0.2, 0.25) is 5.91 Å². The average molecular weight is 288 g/mol. The number of halogens is 3. The SMILES string of the molecule is O=C(Cc1ccc(F)c(F)c1)NC1CCCCC1Cl. The maximum atomic E-state index is 13.0. The van der Waals surface area contributed by atoms with Crippen molar-refractivity contribution in [2.24, 2.45) is 0 Å². The molecule has 5 heteroatoms. The first-order valence-electron chi connectivity index (χ1n) is 6.43. The highest BCUT2D eigenvalue weighted by atomic mass is 35.5. The van der Waals surface area contributed by atoms with Gasteiger partial charge in [0, 0.05) is 6.04 Å². The molecule has 2 rings (SSSR count). The van der Waals surface area contributed by atoms with Gasteiger partial charge >= 0.3 is 0 Å². The van der Waals surface area contributed by atoms with Gasteiger partial charge in [-0.05, 0) is 30.5 Å². The minimum Gasteiger partial charge on any atom is -0.352 e. The lowest BCUT2D eigenvalue weighted by Crippen LogP contribution is -2.43. The average Bonchev–Trinajstić information content (AvgIpc) is 2.37. The second kappa shape index (κ2) is 6.33. The third-order valence-corrected chi connectivity index (χ3v) is 3.90. The summed E-state index contributed by atoms with van der Waals surface area (Å²) in [6.07, 6.45) is 3.95. The van der Waals surface area contributed by atoms with E-state index in [9.17, 15) is 13.6 Å². The Kier molecular flexibility index (Phi) is 4.75. The van der Waals surface area contributed by atoms with E-state index < -0.39 is 11.6 Å². The second-order valence-electron chi connectivity index (χ2n) is 4.90. The summed E-state index contributed by atoms with van der Waals surface area (Å²) in [5, 5.41) is 2.82. The highest BCUT2D eigenvalue weighted by molar-refractivity contribution is 6.21. The number of hydrogen-bond donors (Lipinski definition) is 1. The highest BCUT2D eigenvalue weighted by Crippen LogP contribution is 2.23. The monoisotopic (exact) mass is 287 g/mol. The Labute approximate surface area is 116 Å². The number of amides is 1. The fourth-order valence-corrected chi connectivity index (χ4v) is 2.68. The van der Waals surface area contributed by atoms with E-state index in [1.54, 1.807) is 0 Å². The molecular weight excluding hydrogens is 272 g/mol. The van der Waals surface area contributed by atoms with Crippen LogP contribution >= 0.6 is 11.6 Å². The van der Waals surface area contributed by atoms with Crippen molar-refractivity contribution in [3.8, 4) is 0 Å². The number of carbonyl (C=O) groups excluding carboxylic acids is 1. The summed E-state index contributed by atoms with van der Waals surface area (Å²) in [5.41, 5.74) is 0.457. The lowest BCUT2D eigenvalue weighted by atomic mass is 9.94. The van der Waals surface area contributed by atoms with Crippen molar-refractivity contribution in [1.82, 2.24) is 5.32 Å². The molecule has 0 aliphatic heterocycles. The van der Waals surface area contributed by atoms with E-state index in [4.69, 9.17) is 11.6 Å². The molecule has 2 nitrogen and oxygen atoms in total. The molecule has 0 radical (unpaired) electrons. The lowest BCUT2D eigenvalue weighted by molar-refractivity contribution is -0.121. The molecule has 0 saturated heterocycles. The van der Waals surface area contributed by atoms with E-state index in [2.05, 4.69) is 5.32 Å². The fraction of sp³-hybridized carbons (Fsp3) is 0.500. The first-order chi connectivity index (χ1) is 9.06. The van der Waals surface area contributed by atoms with E-state index >= 15 is 0 Å². The molecule has 0 heterocycles. The Balaban J connectivity index is 1.91. The Bertz CT molecular complexity index is 467. The van der Waals surface area contributed by atoms with E-state index in [1.807, 2.05) is 0 Å². The first-order valence-corrected chi connectivity index (χ1v) is 6.87. The zero-order valence-electron chi connectivity index (χ0n) is 10.5. The normalized spacial score (nSPS) is 23.1. The van der Waals surface area contributed by atoms with Crippen molar-refractivity contribution < 1.29 is 13.6 Å². The van der Waals surface area contributed by atoms with E-state index in [1.165, 1.54) is 6.07 Å². The van der Waals surface area contributed by atoms with Crippen molar-refractivity contribution in [3.05, 3.63) is 35.4 Å². The summed E-state index contributed by atoms with van der Waals surface area (Å²) in [6.45, 7) is 0. The molecule has 1 fully saturated rings. The second-order valence-corrected chi connectivity index (χ2v) is 5.46. The van der Waals surface area contributed by atoms with Crippen LogP contribution in [0, 0.1) is 11.6 Å². The molecule has 1 aliphatic carbocycles. The van der Waals surface area contributed by atoms with Crippen molar-refractivity contribution >= 4 is 17.5 Å². The molecule has 0 bridgehead atoms. The van der Waals surface area contributed by atoms with Gasteiger partial charge in [0.1, 0.15) is 0 Å². The number of rotatable bonds is 3. The predicted octanol–water partition coefficient (Wildman–Crippen LogP) is 3.17. The maximum absolute atomic E-state index is 13.0. The topological polar surface area (TPSA) is 29.1 Å². The van der Waals surface area contributed by atoms with Gasteiger partial charge in [-0.2, -0.15) is 0 Å². The molecule has 1 aromatic carbocycles. The van der Waals surface area contributed by atoms with Crippen molar-refractivity contribution in [2.45, 2.75) is 43.5 Å². The molecule has 1 aliphatic rings. The molecule has 19 heavy (non-hydrogen) atoms. The van der Waals surface area contributed by atoms with Gasteiger partial charge in [-0.3, -0.25) is 4.79 Å². The Hall–Kier alpha value is -1.16. The van der Waals surface area contributed by atoms with Gasteiger partial charge in [-0.25, -0.2) is 8.78 Å². The lowest BCUT2D eigenvalue weighted by Gasteiger charge is -2.27. The van der Waals surface area contributed by atoms with Crippen LogP contribution in [0.1, 0.15) is 31.2 Å². The number of alkyl halides is 1. The number of hydrogen-bond acceptors (Lipinski definition) is 1. The van der Waals surface area contributed by atoms with Crippen molar-refractivity contribution in [3.63, 3.8) is 0 Å². The number of carbonyl (C=O) groups is 1. The van der Waals surface area contributed by atoms with Gasteiger partial charge in [-0.15, -0.1) is 11.6 Å². The summed E-state index contributed by atoms with van der Waals surface area (Å²) < 4.78 is 25.8. The molecule has 0 aromatic heterocycles. The van der Waals surface area contributed by atoms with Crippen molar-refractivity contribution in [2.75, 3.05) is 0 Å². The molecule has 1 saturated carbocycles. The van der Waals surface area contributed by atoms with Crippen LogP contribution < -0.4 is 5.32 Å². The van der Waals surface area contributed by atoms with E-state index in [-0.39, 0.29) is 23.7 Å². The van der Waals surface area contributed by atoms with E-state index in [0.29, 0.717) is 5.56 Å². The summed E-state index contributed by atoms with van der Waals surface area (Å²) >= 11 is 6.15.